The first-order chi connectivity index (χ1) is 10.8. The zero-order valence-electron chi connectivity index (χ0n) is 12.6. The fourth-order valence-electron chi connectivity index (χ4n) is 1.83. The molecule has 0 fully saturated rings. The van der Waals surface area contributed by atoms with Crippen LogP contribution in [0.4, 0.5) is 5.82 Å². The summed E-state index contributed by atoms with van der Waals surface area (Å²) in [4.78, 5) is 16.1. The highest BCUT2D eigenvalue weighted by atomic mass is 35.5. The second-order valence-electron chi connectivity index (χ2n) is 5.01. The van der Waals surface area contributed by atoms with Crippen LogP contribution in [-0.4, -0.2) is 25.4 Å². The number of hydrogen-bond acceptors (Lipinski definition) is 4. The van der Waals surface area contributed by atoms with E-state index in [1.54, 1.807) is 24.4 Å². The van der Waals surface area contributed by atoms with Crippen LogP contribution in [0.15, 0.2) is 47.5 Å². The molecule has 0 aliphatic carbocycles. The lowest BCUT2D eigenvalue weighted by molar-refractivity contribution is -0.117. The molecule has 0 aliphatic heterocycles. The molecular formula is C15H16ClN3O3S. The molecule has 1 aromatic heterocycles. The Labute approximate surface area is 139 Å². The number of benzene rings is 1. The Morgan fingerprint density at radius 2 is 2.00 bits per heavy atom. The van der Waals surface area contributed by atoms with Gasteiger partial charge in [-0.25, -0.2) is 13.4 Å². The second kappa shape index (κ2) is 7.08. The van der Waals surface area contributed by atoms with Gasteiger partial charge in [0, 0.05) is 11.2 Å². The molecule has 1 heterocycles. The minimum absolute atomic E-state index is 0.00155. The van der Waals surface area contributed by atoms with Crippen LogP contribution in [-0.2, 0) is 14.8 Å². The van der Waals surface area contributed by atoms with Crippen molar-refractivity contribution < 1.29 is 13.2 Å². The Morgan fingerprint density at radius 1 is 1.26 bits per heavy atom. The lowest BCUT2D eigenvalue weighted by Gasteiger charge is -2.14. The van der Waals surface area contributed by atoms with E-state index in [4.69, 9.17) is 11.6 Å². The standard InChI is InChI=1S/C15H16ClN3O3S/c1-10-6-7-17-14(8-10)18-15(20)11(2)19-23(21,22)13-5-3-4-12(16)9-13/h3-9,11,19H,1-2H3,(H,17,18,20). The van der Waals surface area contributed by atoms with E-state index in [0.29, 0.717) is 10.8 Å². The molecule has 8 heteroatoms. The Morgan fingerprint density at radius 3 is 2.65 bits per heavy atom. The highest BCUT2D eigenvalue weighted by Gasteiger charge is 2.22. The number of carbonyl (C=O) groups is 1. The molecule has 1 unspecified atom stereocenters. The van der Waals surface area contributed by atoms with Crippen LogP contribution in [0.1, 0.15) is 12.5 Å². The number of hydrogen-bond donors (Lipinski definition) is 2. The van der Waals surface area contributed by atoms with E-state index in [1.165, 1.54) is 25.1 Å². The molecule has 2 rings (SSSR count). The van der Waals surface area contributed by atoms with Gasteiger partial charge in [-0.05, 0) is 49.7 Å². The lowest BCUT2D eigenvalue weighted by atomic mass is 10.3. The molecule has 1 atom stereocenters. The number of sulfonamides is 1. The summed E-state index contributed by atoms with van der Waals surface area (Å²) in [7, 11) is -3.84. The first kappa shape index (κ1) is 17.4. The van der Waals surface area contributed by atoms with Gasteiger partial charge in [-0.2, -0.15) is 4.72 Å². The van der Waals surface area contributed by atoms with E-state index in [-0.39, 0.29) is 4.90 Å². The summed E-state index contributed by atoms with van der Waals surface area (Å²) < 4.78 is 26.8. The third-order valence-electron chi connectivity index (χ3n) is 3.00. The number of rotatable bonds is 5. The molecule has 23 heavy (non-hydrogen) atoms. The lowest BCUT2D eigenvalue weighted by Crippen LogP contribution is -2.41. The summed E-state index contributed by atoms with van der Waals surface area (Å²) in [5.74, 6) is -0.141. The minimum atomic E-state index is -3.84. The van der Waals surface area contributed by atoms with E-state index >= 15 is 0 Å². The Kier molecular flexibility index (Phi) is 5.35. The number of amides is 1. The molecule has 0 bridgehead atoms. The van der Waals surface area contributed by atoms with Gasteiger partial charge < -0.3 is 5.32 Å². The first-order valence-corrected chi connectivity index (χ1v) is 8.65. The van der Waals surface area contributed by atoms with Crippen LogP contribution in [0, 0.1) is 6.92 Å². The van der Waals surface area contributed by atoms with E-state index in [9.17, 15) is 13.2 Å². The van der Waals surface area contributed by atoms with Gasteiger partial charge in [0.2, 0.25) is 15.9 Å². The molecule has 1 amide bonds. The Bertz CT molecular complexity index is 824. The highest BCUT2D eigenvalue weighted by molar-refractivity contribution is 7.89. The van der Waals surface area contributed by atoms with Crippen molar-refractivity contribution in [3.63, 3.8) is 0 Å². The average molecular weight is 354 g/mol. The number of nitrogens with zero attached hydrogens (tertiary/aromatic N) is 1. The fourth-order valence-corrected chi connectivity index (χ4v) is 3.33. The van der Waals surface area contributed by atoms with Crippen molar-refractivity contribution in [2.75, 3.05) is 5.32 Å². The number of halogens is 1. The van der Waals surface area contributed by atoms with Gasteiger partial charge in [0.15, 0.2) is 0 Å². The maximum Gasteiger partial charge on any atom is 0.243 e. The summed E-state index contributed by atoms with van der Waals surface area (Å²) in [5, 5.41) is 2.86. The fraction of sp³-hybridized carbons (Fsp3) is 0.200. The maximum atomic E-state index is 12.2. The van der Waals surface area contributed by atoms with Gasteiger partial charge in [0.25, 0.3) is 0 Å². The first-order valence-electron chi connectivity index (χ1n) is 6.79. The molecule has 0 saturated heterocycles. The summed E-state index contributed by atoms with van der Waals surface area (Å²) in [5.41, 5.74) is 0.933. The zero-order valence-corrected chi connectivity index (χ0v) is 14.1. The van der Waals surface area contributed by atoms with Gasteiger partial charge in [0.05, 0.1) is 10.9 Å². The third-order valence-corrected chi connectivity index (χ3v) is 4.77. The van der Waals surface area contributed by atoms with Crippen LogP contribution in [0.2, 0.25) is 5.02 Å². The summed E-state index contributed by atoms with van der Waals surface area (Å²) >= 11 is 5.79. The number of nitrogens with one attached hydrogen (secondary N) is 2. The molecule has 0 spiro atoms. The van der Waals surface area contributed by atoms with Crippen LogP contribution in [0.5, 0.6) is 0 Å². The molecule has 2 N–H and O–H groups in total. The van der Waals surface area contributed by atoms with Crippen molar-refractivity contribution in [2.24, 2.45) is 0 Å². The van der Waals surface area contributed by atoms with Crippen LogP contribution < -0.4 is 10.0 Å². The summed E-state index contributed by atoms with van der Waals surface area (Å²) in [6.45, 7) is 3.32. The van der Waals surface area contributed by atoms with Crippen LogP contribution in [0.3, 0.4) is 0 Å². The van der Waals surface area contributed by atoms with Crippen molar-refractivity contribution in [2.45, 2.75) is 24.8 Å². The normalized spacial score (nSPS) is 12.7. The number of pyridine rings is 1. The smallest absolute Gasteiger partial charge is 0.243 e. The highest BCUT2D eigenvalue weighted by Crippen LogP contribution is 2.15. The predicted octanol–water partition coefficient (Wildman–Crippen LogP) is 2.35. The molecule has 1 aromatic carbocycles. The quantitative estimate of drug-likeness (QED) is 0.863. The second-order valence-corrected chi connectivity index (χ2v) is 7.16. The number of aryl methyl sites for hydroxylation is 1. The van der Waals surface area contributed by atoms with E-state index in [0.717, 1.165) is 5.56 Å². The van der Waals surface area contributed by atoms with Crippen molar-refractivity contribution in [3.8, 4) is 0 Å². The largest absolute Gasteiger partial charge is 0.309 e. The molecule has 0 saturated carbocycles. The monoisotopic (exact) mass is 353 g/mol. The van der Waals surface area contributed by atoms with Gasteiger partial charge in [-0.1, -0.05) is 17.7 Å². The molecular weight excluding hydrogens is 338 g/mol. The third kappa shape index (κ3) is 4.75. The van der Waals surface area contributed by atoms with Gasteiger partial charge in [-0.3, -0.25) is 4.79 Å². The van der Waals surface area contributed by atoms with Crippen LogP contribution in [0.25, 0.3) is 0 Å². The van der Waals surface area contributed by atoms with Crippen molar-refractivity contribution in [3.05, 3.63) is 53.2 Å². The van der Waals surface area contributed by atoms with Crippen molar-refractivity contribution >= 4 is 33.3 Å². The summed E-state index contributed by atoms with van der Waals surface area (Å²) in [6.07, 6.45) is 1.56. The Hall–Kier alpha value is -1.96. The molecule has 122 valence electrons. The minimum Gasteiger partial charge on any atom is -0.309 e. The average Bonchev–Trinajstić information content (AvgIpc) is 2.46. The van der Waals surface area contributed by atoms with Gasteiger partial charge in [0.1, 0.15) is 5.82 Å². The molecule has 0 aliphatic rings. The van der Waals surface area contributed by atoms with Gasteiger partial charge >= 0.3 is 0 Å². The van der Waals surface area contributed by atoms with E-state index in [2.05, 4.69) is 15.0 Å². The summed E-state index contributed by atoms with van der Waals surface area (Å²) in [6, 6.07) is 8.33. The van der Waals surface area contributed by atoms with Gasteiger partial charge in [-0.15, -0.1) is 0 Å². The molecule has 0 radical (unpaired) electrons. The Balaban J connectivity index is 2.08. The topological polar surface area (TPSA) is 88.2 Å². The van der Waals surface area contributed by atoms with Crippen LogP contribution >= 0.6 is 11.6 Å². The number of anilines is 1. The van der Waals surface area contributed by atoms with Crippen molar-refractivity contribution in [1.29, 1.82) is 0 Å². The number of carbonyl (C=O) groups excluding carboxylic acids is 1. The predicted molar refractivity (Wildman–Crippen MR) is 88.8 cm³/mol. The number of aromatic nitrogens is 1. The zero-order chi connectivity index (χ0) is 17.0. The van der Waals surface area contributed by atoms with E-state index in [1.807, 2.05) is 6.92 Å². The van der Waals surface area contributed by atoms with E-state index < -0.39 is 22.0 Å². The molecule has 2 aromatic rings. The maximum absolute atomic E-state index is 12.2. The SMILES string of the molecule is Cc1ccnc(NC(=O)C(C)NS(=O)(=O)c2cccc(Cl)c2)c1. The van der Waals surface area contributed by atoms with Crippen molar-refractivity contribution in [1.82, 2.24) is 9.71 Å². The molecule has 6 nitrogen and oxygen atoms in total.